The Hall–Kier alpha value is -1.30. The Morgan fingerprint density at radius 2 is 2.17 bits per heavy atom. The number of nitrogens with two attached hydrogens (primary N) is 1. The van der Waals surface area contributed by atoms with Gasteiger partial charge < -0.3 is 15.2 Å². The van der Waals surface area contributed by atoms with Gasteiger partial charge in [0.15, 0.2) is 10.0 Å². The highest BCUT2D eigenvalue weighted by Crippen LogP contribution is 2.31. The molecule has 0 unspecified atom stereocenters. The van der Waals surface area contributed by atoms with E-state index in [1.54, 1.807) is 6.92 Å². The molecule has 0 atom stereocenters. The van der Waals surface area contributed by atoms with Gasteiger partial charge >= 0.3 is 5.97 Å². The smallest absolute Gasteiger partial charge is 0.354 e. The topological polar surface area (TPSA) is 74.4 Å². The summed E-state index contributed by atoms with van der Waals surface area (Å²) in [6.45, 7) is 2.10. The normalized spacial score (nSPS) is 16.5. The fourth-order valence-electron chi connectivity index (χ4n) is 2.07. The number of nitrogen functional groups attached to an aromatic ring is 1. The molecule has 0 amide bonds. The van der Waals surface area contributed by atoms with Gasteiger partial charge in [-0.15, -0.1) is 0 Å². The third-order valence-electron chi connectivity index (χ3n) is 2.90. The van der Waals surface area contributed by atoms with Crippen LogP contribution in [0.2, 0.25) is 0 Å². The van der Waals surface area contributed by atoms with Crippen LogP contribution in [-0.4, -0.2) is 23.7 Å². The molecule has 100 valence electrons. The predicted molar refractivity (Wildman–Crippen MR) is 70.0 cm³/mol. The van der Waals surface area contributed by atoms with E-state index in [1.807, 2.05) is 0 Å². The molecule has 5 nitrogen and oxygen atoms in total. The zero-order valence-electron chi connectivity index (χ0n) is 10.5. The summed E-state index contributed by atoms with van der Waals surface area (Å²) in [7, 11) is 0. The van der Waals surface area contributed by atoms with Gasteiger partial charge in [-0.25, -0.2) is 4.79 Å². The first-order valence-corrected chi connectivity index (χ1v) is 7.12. The summed E-state index contributed by atoms with van der Waals surface area (Å²) in [6, 6.07) is 0. The minimum Gasteiger partial charge on any atom is -0.473 e. The molecular formula is C12H18N2O3S. The first-order chi connectivity index (χ1) is 8.70. The van der Waals surface area contributed by atoms with Crippen molar-refractivity contribution in [3.05, 3.63) is 4.88 Å². The number of hydrogen-bond donors (Lipinski definition) is 1. The van der Waals surface area contributed by atoms with Gasteiger partial charge in [-0.2, -0.15) is 4.98 Å². The summed E-state index contributed by atoms with van der Waals surface area (Å²) < 4.78 is 10.8. The van der Waals surface area contributed by atoms with Gasteiger partial charge in [0.2, 0.25) is 5.88 Å². The fraction of sp³-hybridized carbons (Fsp3) is 0.667. The van der Waals surface area contributed by atoms with Gasteiger partial charge in [0.25, 0.3) is 0 Å². The lowest BCUT2D eigenvalue weighted by atomic mass is 9.98. The Balaban J connectivity index is 2.08. The molecule has 18 heavy (non-hydrogen) atoms. The van der Waals surface area contributed by atoms with Crippen LogP contribution >= 0.6 is 11.3 Å². The summed E-state index contributed by atoms with van der Waals surface area (Å²) in [5, 5.41) is 0.337. The maximum absolute atomic E-state index is 11.7. The van der Waals surface area contributed by atoms with Gasteiger partial charge in [0.05, 0.1) is 6.61 Å². The predicted octanol–water partition coefficient (Wildman–Crippen LogP) is 2.61. The maximum atomic E-state index is 11.7. The van der Waals surface area contributed by atoms with Crippen LogP contribution in [0.1, 0.15) is 48.7 Å². The second-order valence-electron chi connectivity index (χ2n) is 4.28. The molecule has 1 aliphatic rings. The summed E-state index contributed by atoms with van der Waals surface area (Å²) in [6.07, 6.45) is 5.76. The van der Waals surface area contributed by atoms with Gasteiger partial charge in [0, 0.05) is 0 Å². The van der Waals surface area contributed by atoms with E-state index in [2.05, 4.69) is 4.98 Å². The molecule has 2 N–H and O–H groups in total. The van der Waals surface area contributed by atoms with E-state index < -0.39 is 5.97 Å². The van der Waals surface area contributed by atoms with E-state index in [4.69, 9.17) is 15.2 Å². The Labute approximate surface area is 110 Å². The van der Waals surface area contributed by atoms with Crippen LogP contribution in [0, 0.1) is 0 Å². The van der Waals surface area contributed by atoms with Crippen LogP contribution in [0.4, 0.5) is 5.13 Å². The summed E-state index contributed by atoms with van der Waals surface area (Å²) in [4.78, 5) is 16.2. The van der Waals surface area contributed by atoms with Crippen molar-refractivity contribution in [3.8, 4) is 5.88 Å². The number of carbonyl (C=O) groups excluding carboxylic acids is 1. The largest absolute Gasteiger partial charge is 0.473 e. The van der Waals surface area contributed by atoms with Gasteiger partial charge in [0.1, 0.15) is 6.10 Å². The van der Waals surface area contributed by atoms with Crippen molar-refractivity contribution >= 4 is 22.4 Å². The van der Waals surface area contributed by atoms with E-state index in [9.17, 15) is 4.79 Å². The van der Waals surface area contributed by atoms with E-state index in [0.717, 1.165) is 24.2 Å². The Kier molecular flexibility index (Phi) is 4.41. The first-order valence-electron chi connectivity index (χ1n) is 6.30. The van der Waals surface area contributed by atoms with Crippen molar-refractivity contribution < 1.29 is 14.3 Å². The zero-order chi connectivity index (χ0) is 13.0. The molecule has 0 bridgehead atoms. The molecule has 1 aromatic heterocycles. The minimum atomic E-state index is -0.405. The van der Waals surface area contributed by atoms with Crippen molar-refractivity contribution in [1.29, 1.82) is 0 Å². The molecule has 1 aliphatic carbocycles. The van der Waals surface area contributed by atoms with Crippen molar-refractivity contribution in [2.45, 2.75) is 45.1 Å². The average Bonchev–Trinajstić information content (AvgIpc) is 2.72. The molecule has 0 spiro atoms. The Morgan fingerprint density at radius 3 is 2.83 bits per heavy atom. The quantitative estimate of drug-likeness (QED) is 0.851. The van der Waals surface area contributed by atoms with Gasteiger partial charge in [-0.05, 0) is 32.6 Å². The molecule has 1 saturated carbocycles. The number of rotatable bonds is 4. The lowest BCUT2D eigenvalue weighted by molar-refractivity contribution is 0.0522. The van der Waals surface area contributed by atoms with Crippen LogP contribution in [0.15, 0.2) is 0 Å². The van der Waals surface area contributed by atoms with E-state index >= 15 is 0 Å². The lowest BCUT2D eigenvalue weighted by Crippen LogP contribution is -2.21. The third-order valence-corrected chi connectivity index (χ3v) is 3.75. The second kappa shape index (κ2) is 6.04. The van der Waals surface area contributed by atoms with Crippen LogP contribution in [-0.2, 0) is 4.74 Å². The molecular weight excluding hydrogens is 252 g/mol. The van der Waals surface area contributed by atoms with E-state index in [0.29, 0.717) is 22.5 Å². The molecule has 6 heteroatoms. The number of esters is 1. The SMILES string of the molecule is CCOC(=O)c1sc(N)nc1OC1CCCCC1. The number of carbonyl (C=O) groups is 1. The number of ether oxygens (including phenoxy) is 2. The summed E-state index contributed by atoms with van der Waals surface area (Å²) in [5.41, 5.74) is 5.64. The summed E-state index contributed by atoms with van der Waals surface area (Å²) in [5.74, 6) is -0.0691. The van der Waals surface area contributed by atoms with Crippen molar-refractivity contribution in [2.75, 3.05) is 12.3 Å². The zero-order valence-corrected chi connectivity index (χ0v) is 11.3. The first kappa shape index (κ1) is 13.1. The van der Waals surface area contributed by atoms with Crippen molar-refractivity contribution in [3.63, 3.8) is 0 Å². The minimum absolute atomic E-state index is 0.147. The number of hydrogen-bond acceptors (Lipinski definition) is 6. The number of thiazole rings is 1. The fourth-order valence-corrected chi connectivity index (χ4v) is 2.73. The van der Waals surface area contributed by atoms with Crippen LogP contribution in [0.5, 0.6) is 5.88 Å². The highest BCUT2D eigenvalue weighted by molar-refractivity contribution is 7.17. The molecule has 0 aliphatic heterocycles. The van der Waals surface area contributed by atoms with Crippen molar-refractivity contribution in [1.82, 2.24) is 4.98 Å². The molecule has 0 aromatic carbocycles. The molecule has 0 saturated heterocycles. The van der Waals surface area contributed by atoms with Gasteiger partial charge in [-0.1, -0.05) is 17.8 Å². The van der Waals surface area contributed by atoms with E-state index in [-0.39, 0.29) is 6.10 Å². The lowest BCUT2D eigenvalue weighted by Gasteiger charge is -2.21. The molecule has 1 aromatic rings. The van der Waals surface area contributed by atoms with Crippen molar-refractivity contribution in [2.24, 2.45) is 0 Å². The molecule has 2 rings (SSSR count). The molecule has 1 fully saturated rings. The standard InChI is InChI=1S/C12H18N2O3S/c1-2-16-11(15)9-10(14-12(13)18-9)17-8-6-4-3-5-7-8/h8H,2-7H2,1H3,(H2,13,14). The third kappa shape index (κ3) is 3.13. The number of nitrogens with zero attached hydrogens (tertiary/aromatic N) is 1. The van der Waals surface area contributed by atoms with E-state index in [1.165, 1.54) is 19.3 Å². The highest BCUT2D eigenvalue weighted by atomic mass is 32.1. The monoisotopic (exact) mass is 270 g/mol. The molecule has 1 heterocycles. The second-order valence-corrected chi connectivity index (χ2v) is 5.32. The van der Waals surface area contributed by atoms with Crippen LogP contribution < -0.4 is 10.5 Å². The highest BCUT2D eigenvalue weighted by Gasteiger charge is 2.23. The van der Waals surface area contributed by atoms with Crippen LogP contribution in [0.25, 0.3) is 0 Å². The average molecular weight is 270 g/mol. The maximum Gasteiger partial charge on any atom is 0.354 e. The van der Waals surface area contributed by atoms with Crippen LogP contribution in [0.3, 0.4) is 0 Å². The molecule has 0 radical (unpaired) electrons. The van der Waals surface area contributed by atoms with Gasteiger partial charge in [-0.3, -0.25) is 0 Å². The Morgan fingerprint density at radius 1 is 1.44 bits per heavy atom. The number of aromatic nitrogens is 1. The Bertz CT molecular complexity index is 413. The summed E-state index contributed by atoms with van der Waals surface area (Å²) >= 11 is 1.12. The number of anilines is 1.